The van der Waals surface area contributed by atoms with Crippen LogP contribution in [0.2, 0.25) is 0 Å². The molecule has 1 N–H and O–H groups in total. The molecule has 0 saturated carbocycles. The Morgan fingerprint density at radius 3 is 2.25 bits per heavy atom. The fraction of sp³-hybridized carbons (Fsp3) is 0.833. The number of hydrogen-bond acceptors (Lipinski definition) is 3. The van der Waals surface area contributed by atoms with E-state index < -0.39 is 12.1 Å². The number of ether oxygens (including phenoxy) is 1. The van der Waals surface area contributed by atoms with E-state index in [1.54, 1.807) is 0 Å². The van der Waals surface area contributed by atoms with Crippen molar-refractivity contribution in [3.8, 4) is 0 Å². The summed E-state index contributed by atoms with van der Waals surface area (Å²) in [5.74, 6) is -1.06. The predicted molar refractivity (Wildman–Crippen MR) is 61.2 cm³/mol. The summed E-state index contributed by atoms with van der Waals surface area (Å²) in [5, 5.41) is 8.69. The largest absolute Gasteiger partial charge is 0.479 e. The summed E-state index contributed by atoms with van der Waals surface area (Å²) in [6.07, 6.45) is 7.36. The van der Waals surface area contributed by atoms with Crippen molar-refractivity contribution in [2.75, 3.05) is 0 Å². The predicted octanol–water partition coefficient (Wildman–Crippen LogP) is 2.75. The Kier molecular flexibility index (Phi) is 9.76. The van der Waals surface area contributed by atoms with Crippen LogP contribution in [0.25, 0.3) is 0 Å². The molecule has 1 atom stereocenters. The van der Waals surface area contributed by atoms with Crippen molar-refractivity contribution >= 4 is 12.4 Å². The molecule has 0 radical (unpaired) electrons. The van der Waals surface area contributed by atoms with Crippen molar-refractivity contribution in [3.05, 3.63) is 0 Å². The molecule has 0 aromatic heterocycles. The summed E-state index contributed by atoms with van der Waals surface area (Å²) in [6, 6.07) is 0. The highest BCUT2D eigenvalue weighted by molar-refractivity contribution is 5.73. The quantitative estimate of drug-likeness (QED) is 0.438. The van der Waals surface area contributed by atoms with Gasteiger partial charge in [-0.05, 0) is 12.8 Å². The number of hydrogen-bond donors (Lipinski definition) is 1. The van der Waals surface area contributed by atoms with Crippen LogP contribution in [0.15, 0.2) is 0 Å². The summed E-state index contributed by atoms with van der Waals surface area (Å²) < 4.78 is 4.47. The molecule has 0 rings (SSSR count). The normalized spacial score (nSPS) is 12.1. The number of carboxylic acids is 1. The summed E-state index contributed by atoms with van der Waals surface area (Å²) in [6.45, 7) is 2.38. The molecule has 0 fully saturated rings. The van der Waals surface area contributed by atoms with E-state index >= 15 is 0 Å². The van der Waals surface area contributed by atoms with Crippen LogP contribution in [0.5, 0.6) is 0 Å². The van der Waals surface area contributed by atoms with Gasteiger partial charge in [-0.1, -0.05) is 45.4 Å². The van der Waals surface area contributed by atoms with Crippen molar-refractivity contribution in [1.82, 2.24) is 0 Å². The van der Waals surface area contributed by atoms with Crippen LogP contribution in [0.3, 0.4) is 0 Å². The van der Waals surface area contributed by atoms with Crippen molar-refractivity contribution in [2.24, 2.45) is 0 Å². The maximum Gasteiger partial charge on any atom is 0.345 e. The standard InChI is InChI=1S/C12H22O4/c1-2-3-4-5-6-7-8-9-11(12(14)15)16-10-13/h10-11H,2-9H2,1H3,(H,14,15). The highest BCUT2D eigenvalue weighted by Gasteiger charge is 2.17. The van der Waals surface area contributed by atoms with E-state index in [-0.39, 0.29) is 6.47 Å². The minimum absolute atomic E-state index is 0.208. The SMILES string of the molecule is CCCCCCCCCC(OC=O)C(=O)O. The number of aliphatic carboxylic acids is 1. The average Bonchev–Trinajstić information content (AvgIpc) is 2.26. The molecule has 0 heterocycles. The molecule has 16 heavy (non-hydrogen) atoms. The van der Waals surface area contributed by atoms with Crippen LogP contribution in [0.4, 0.5) is 0 Å². The van der Waals surface area contributed by atoms with Crippen LogP contribution in [-0.4, -0.2) is 23.7 Å². The Labute approximate surface area is 97.0 Å². The zero-order valence-electron chi connectivity index (χ0n) is 9.98. The molecule has 0 aliphatic heterocycles. The minimum Gasteiger partial charge on any atom is -0.479 e. The van der Waals surface area contributed by atoms with Crippen LogP contribution >= 0.6 is 0 Å². The molecule has 4 nitrogen and oxygen atoms in total. The van der Waals surface area contributed by atoms with E-state index in [9.17, 15) is 9.59 Å². The van der Waals surface area contributed by atoms with E-state index in [2.05, 4.69) is 11.7 Å². The van der Waals surface area contributed by atoms with Gasteiger partial charge in [0.25, 0.3) is 6.47 Å². The molecular weight excluding hydrogens is 208 g/mol. The highest BCUT2D eigenvalue weighted by Crippen LogP contribution is 2.10. The molecule has 0 aromatic carbocycles. The van der Waals surface area contributed by atoms with Gasteiger partial charge in [0, 0.05) is 0 Å². The molecule has 0 amide bonds. The lowest BCUT2D eigenvalue weighted by atomic mass is 10.1. The average molecular weight is 230 g/mol. The highest BCUT2D eigenvalue weighted by atomic mass is 16.5. The molecular formula is C12H22O4. The maximum atomic E-state index is 10.6. The molecule has 4 heteroatoms. The van der Waals surface area contributed by atoms with E-state index in [1.807, 2.05) is 0 Å². The van der Waals surface area contributed by atoms with Gasteiger partial charge >= 0.3 is 5.97 Å². The van der Waals surface area contributed by atoms with Gasteiger partial charge in [0.1, 0.15) is 0 Å². The first-order valence-electron chi connectivity index (χ1n) is 6.04. The molecule has 0 aliphatic carbocycles. The van der Waals surface area contributed by atoms with Crippen molar-refractivity contribution in [2.45, 2.75) is 64.4 Å². The molecule has 0 saturated heterocycles. The van der Waals surface area contributed by atoms with E-state index in [0.29, 0.717) is 6.42 Å². The second-order valence-electron chi connectivity index (χ2n) is 3.97. The van der Waals surface area contributed by atoms with Crippen LogP contribution < -0.4 is 0 Å². The van der Waals surface area contributed by atoms with Crippen molar-refractivity contribution in [3.63, 3.8) is 0 Å². The molecule has 0 bridgehead atoms. The first-order chi connectivity index (χ1) is 7.72. The third kappa shape index (κ3) is 8.26. The Hall–Kier alpha value is -1.06. The van der Waals surface area contributed by atoms with Crippen LogP contribution in [0.1, 0.15) is 58.3 Å². The van der Waals surface area contributed by atoms with Crippen molar-refractivity contribution < 1.29 is 19.4 Å². The zero-order valence-corrected chi connectivity index (χ0v) is 9.98. The molecule has 0 aromatic rings. The second-order valence-corrected chi connectivity index (χ2v) is 3.97. The molecule has 0 aliphatic rings. The van der Waals surface area contributed by atoms with Gasteiger partial charge in [0.2, 0.25) is 0 Å². The minimum atomic E-state index is -1.06. The van der Waals surface area contributed by atoms with Crippen LogP contribution in [-0.2, 0) is 14.3 Å². The van der Waals surface area contributed by atoms with E-state index in [1.165, 1.54) is 25.7 Å². The van der Waals surface area contributed by atoms with Gasteiger partial charge in [-0.25, -0.2) is 4.79 Å². The van der Waals surface area contributed by atoms with E-state index in [0.717, 1.165) is 19.3 Å². The van der Waals surface area contributed by atoms with Crippen LogP contribution in [0, 0.1) is 0 Å². The molecule has 0 spiro atoms. The fourth-order valence-electron chi connectivity index (χ4n) is 1.60. The number of carboxylic acid groups (broad SMARTS) is 1. The first-order valence-corrected chi connectivity index (χ1v) is 6.04. The van der Waals surface area contributed by atoms with Gasteiger partial charge in [-0.3, -0.25) is 4.79 Å². The van der Waals surface area contributed by atoms with Gasteiger partial charge in [-0.15, -0.1) is 0 Å². The lowest BCUT2D eigenvalue weighted by Crippen LogP contribution is -2.23. The third-order valence-electron chi connectivity index (χ3n) is 2.57. The Bertz CT molecular complexity index is 191. The topological polar surface area (TPSA) is 63.6 Å². The molecule has 94 valence electrons. The van der Waals surface area contributed by atoms with Gasteiger partial charge in [-0.2, -0.15) is 0 Å². The number of carbonyl (C=O) groups excluding carboxylic acids is 1. The van der Waals surface area contributed by atoms with Gasteiger partial charge < -0.3 is 9.84 Å². The summed E-state index contributed by atoms with van der Waals surface area (Å²) >= 11 is 0. The first kappa shape index (κ1) is 14.9. The summed E-state index contributed by atoms with van der Waals surface area (Å²) in [4.78, 5) is 20.7. The van der Waals surface area contributed by atoms with E-state index in [4.69, 9.17) is 5.11 Å². The lowest BCUT2D eigenvalue weighted by molar-refractivity contribution is -0.156. The number of carbonyl (C=O) groups is 2. The maximum absolute atomic E-state index is 10.6. The van der Waals surface area contributed by atoms with Gasteiger partial charge in [0.15, 0.2) is 6.10 Å². The van der Waals surface area contributed by atoms with Crippen molar-refractivity contribution in [1.29, 1.82) is 0 Å². The Morgan fingerprint density at radius 1 is 1.19 bits per heavy atom. The third-order valence-corrected chi connectivity index (χ3v) is 2.57. The zero-order chi connectivity index (χ0) is 12.2. The van der Waals surface area contributed by atoms with Gasteiger partial charge in [0.05, 0.1) is 0 Å². The smallest absolute Gasteiger partial charge is 0.345 e. The summed E-state index contributed by atoms with van der Waals surface area (Å²) in [5.41, 5.74) is 0. The second kappa shape index (κ2) is 10.5. The number of rotatable bonds is 11. The summed E-state index contributed by atoms with van der Waals surface area (Å²) in [7, 11) is 0. The Balaban J connectivity index is 3.40. The monoisotopic (exact) mass is 230 g/mol. The Morgan fingerprint density at radius 2 is 1.75 bits per heavy atom. The lowest BCUT2D eigenvalue weighted by Gasteiger charge is -2.09. The number of unbranched alkanes of at least 4 members (excludes halogenated alkanes) is 6. The molecule has 1 unspecified atom stereocenters. The fourth-order valence-corrected chi connectivity index (χ4v) is 1.60.